The predicted octanol–water partition coefficient (Wildman–Crippen LogP) is 1.59. The molecule has 82 valence electrons. The van der Waals surface area contributed by atoms with Gasteiger partial charge in [0.1, 0.15) is 0 Å². The average Bonchev–Trinajstić information content (AvgIpc) is 2.26. The van der Waals surface area contributed by atoms with Crippen LogP contribution in [0, 0.1) is 5.92 Å². The Balaban J connectivity index is 2.62. The topological polar surface area (TPSA) is 71.4 Å². The highest BCUT2D eigenvalue weighted by Crippen LogP contribution is 2.28. The summed E-state index contributed by atoms with van der Waals surface area (Å²) in [6, 6.07) is 0. The van der Waals surface area contributed by atoms with Gasteiger partial charge in [-0.25, -0.2) is 8.42 Å². The van der Waals surface area contributed by atoms with Crippen LogP contribution in [0.1, 0.15) is 32.1 Å². The lowest BCUT2D eigenvalue weighted by atomic mass is 10.0. The van der Waals surface area contributed by atoms with Crippen LogP contribution in [-0.2, 0) is 13.8 Å². The third-order valence-corrected chi connectivity index (χ3v) is 4.69. The van der Waals surface area contributed by atoms with Gasteiger partial charge in [-0.15, -0.1) is 0 Å². The van der Waals surface area contributed by atoms with Gasteiger partial charge in [0.2, 0.25) is 9.05 Å². The molecule has 1 N–H and O–H groups in total. The SMILES string of the molecule is O=C(O)C1CCCC(S(=O)(=O)Cl)CC1. The molecule has 0 heterocycles. The Bertz CT molecular complexity index is 311. The molecule has 6 heteroatoms. The van der Waals surface area contributed by atoms with Crippen molar-refractivity contribution in [1.82, 2.24) is 0 Å². The Morgan fingerprint density at radius 2 is 1.86 bits per heavy atom. The fourth-order valence-corrected chi connectivity index (χ4v) is 3.20. The first-order valence-electron chi connectivity index (χ1n) is 4.57. The zero-order chi connectivity index (χ0) is 10.8. The molecule has 0 bridgehead atoms. The summed E-state index contributed by atoms with van der Waals surface area (Å²) in [4.78, 5) is 10.7. The zero-order valence-corrected chi connectivity index (χ0v) is 9.22. The monoisotopic (exact) mass is 240 g/mol. The number of hydrogen-bond donors (Lipinski definition) is 1. The van der Waals surface area contributed by atoms with Crippen molar-refractivity contribution in [2.75, 3.05) is 0 Å². The zero-order valence-electron chi connectivity index (χ0n) is 7.65. The second kappa shape index (κ2) is 4.49. The normalized spacial score (nSPS) is 29.5. The van der Waals surface area contributed by atoms with Gasteiger partial charge in [0, 0.05) is 10.7 Å². The molecule has 1 saturated carbocycles. The highest BCUT2D eigenvalue weighted by molar-refractivity contribution is 8.14. The third kappa shape index (κ3) is 3.13. The summed E-state index contributed by atoms with van der Waals surface area (Å²) in [5.74, 6) is -1.24. The fourth-order valence-electron chi connectivity index (χ4n) is 1.80. The molecule has 1 aliphatic carbocycles. The first-order valence-corrected chi connectivity index (χ1v) is 6.95. The number of halogens is 1. The molecule has 0 aromatic heterocycles. The minimum Gasteiger partial charge on any atom is -0.481 e. The van der Waals surface area contributed by atoms with Gasteiger partial charge in [-0.1, -0.05) is 6.42 Å². The Kier molecular flexibility index (Phi) is 3.78. The van der Waals surface area contributed by atoms with Crippen LogP contribution in [-0.4, -0.2) is 24.7 Å². The first-order chi connectivity index (χ1) is 6.41. The van der Waals surface area contributed by atoms with E-state index in [2.05, 4.69) is 0 Å². The van der Waals surface area contributed by atoms with Crippen molar-refractivity contribution >= 4 is 25.7 Å². The molecule has 2 atom stereocenters. The molecule has 1 rings (SSSR count). The van der Waals surface area contributed by atoms with Gasteiger partial charge < -0.3 is 5.11 Å². The summed E-state index contributed by atoms with van der Waals surface area (Å²) in [5, 5.41) is 8.21. The lowest BCUT2D eigenvalue weighted by Crippen LogP contribution is -2.16. The maximum atomic E-state index is 11.0. The van der Waals surface area contributed by atoms with E-state index in [0.717, 1.165) is 0 Å². The molecule has 1 aliphatic rings. The van der Waals surface area contributed by atoms with E-state index in [1.54, 1.807) is 0 Å². The Morgan fingerprint density at radius 3 is 2.36 bits per heavy atom. The Hall–Kier alpha value is -0.290. The van der Waals surface area contributed by atoms with Gasteiger partial charge >= 0.3 is 5.97 Å². The van der Waals surface area contributed by atoms with E-state index < -0.39 is 26.2 Å². The lowest BCUT2D eigenvalue weighted by Gasteiger charge is -2.09. The fraction of sp³-hybridized carbons (Fsp3) is 0.875. The highest BCUT2D eigenvalue weighted by atomic mass is 35.7. The molecule has 0 aromatic carbocycles. The largest absolute Gasteiger partial charge is 0.481 e. The molecule has 0 radical (unpaired) electrons. The van der Waals surface area contributed by atoms with Gasteiger partial charge in [-0.05, 0) is 25.7 Å². The van der Waals surface area contributed by atoms with Crippen LogP contribution >= 0.6 is 10.7 Å². The number of hydrogen-bond acceptors (Lipinski definition) is 3. The van der Waals surface area contributed by atoms with Crippen LogP contribution in [0.25, 0.3) is 0 Å². The maximum Gasteiger partial charge on any atom is 0.306 e. The molecule has 4 nitrogen and oxygen atoms in total. The van der Waals surface area contributed by atoms with Crippen molar-refractivity contribution in [3.63, 3.8) is 0 Å². The molecule has 1 fully saturated rings. The van der Waals surface area contributed by atoms with Crippen molar-refractivity contribution in [2.24, 2.45) is 5.92 Å². The van der Waals surface area contributed by atoms with E-state index in [9.17, 15) is 13.2 Å². The molecule has 2 unspecified atom stereocenters. The predicted molar refractivity (Wildman–Crippen MR) is 52.8 cm³/mol. The molecular weight excluding hydrogens is 228 g/mol. The highest BCUT2D eigenvalue weighted by Gasteiger charge is 2.29. The number of aliphatic carboxylic acids is 1. The number of carboxylic acids is 1. The number of rotatable bonds is 2. The Morgan fingerprint density at radius 1 is 1.21 bits per heavy atom. The summed E-state index contributed by atoms with van der Waals surface area (Å²) < 4.78 is 22.1. The average molecular weight is 241 g/mol. The van der Waals surface area contributed by atoms with Crippen LogP contribution in [0.4, 0.5) is 0 Å². The molecular formula is C8H13ClO4S. The van der Waals surface area contributed by atoms with Gasteiger partial charge in [0.25, 0.3) is 0 Å². The number of carbonyl (C=O) groups is 1. The number of carboxylic acid groups (broad SMARTS) is 1. The van der Waals surface area contributed by atoms with Crippen LogP contribution in [0.2, 0.25) is 0 Å². The van der Waals surface area contributed by atoms with E-state index in [-0.39, 0.29) is 0 Å². The molecule has 0 amide bonds. The van der Waals surface area contributed by atoms with Crippen molar-refractivity contribution in [2.45, 2.75) is 37.4 Å². The van der Waals surface area contributed by atoms with E-state index in [0.29, 0.717) is 32.1 Å². The second-order valence-electron chi connectivity index (χ2n) is 3.64. The van der Waals surface area contributed by atoms with Crippen LogP contribution in [0.15, 0.2) is 0 Å². The van der Waals surface area contributed by atoms with Crippen molar-refractivity contribution in [3.8, 4) is 0 Å². The summed E-state index contributed by atoms with van der Waals surface area (Å²) in [5.41, 5.74) is 0. The summed E-state index contributed by atoms with van der Waals surface area (Å²) in [6.07, 6.45) is 2.43. The summed E-state index contributed by atoms with van der Waals surface area (Å²) in [6.45, 7) is 0. The second-order valence-corrected chi connectivity index (χ2v) is 6.55. The van der Waals surface area contributed by atoms with E-state index in [1.165, 1.54) is 0 Å². The minimum absolute atomic E-state index is 0.364. The van der Waals surface area contributed by atoms with Gasteiger partial charge in [0.15, 0.2) is 0 Å². The molecule has 0 aromatic rings. The van der Waals surface area contributed by atoms with Crippen LogP contribution in [0.5, 0.6) is 0 Å². The van der Waals surface area contributed by atoms with Gasteiger partial charge in [-0.3, -0.25) is 4.79 Å². The lowest BCUT2D eigenvalue weighted by molar-refractivity contribution is -0.142. The standard InChI is InChI=1S/C8H13ClO4S/c9-14(12,13)7-3-1-2-6(4-5-7)8(10)11/h6-7H,1-5H2,(H,10,11). The first kappa shape index (κ1) is 11.8. The van der Waals surface area contributed by atoms with Crippen LogP contribution < -0.4 is 0 Å². The molecule has 14 heavy (non-hydrogen) atoms. The smallest absolute Gasteiger partial charge is 0.306 e. The third-order valence-electron chi connectivity index (χ3n) is 2.66. The molecule has 0 spiro atoms. The minimum atomic E-state index is -3.52. The van der Waals surface area contributed by atoms with Crippen molar-refractivity contribution < 1.29 is 18.3 Å². The Labute approximate surface area is 87.7 Å². The summed E-state index contributed by atoms with van der Waals surface area (Å²) >= 11 is 0. The van der Waals surface area contributed by atoms with Gasteiger partial charge in [-0.2, -0.15) is 0 Å². The van der Waals surface area contributed by atoms with Crippen molar-refractivity contribution in [3.05, 3.63) is 0 Å². The van der Waals surface area contributed by atoms with E-state index >= 15 is 0 Å². The molecule has 0 aliphatic heterocycles. The van der Waals surface area contributed by atoms with Crippen molar-refractivity contribution in [1.29, 1.82) is 0 Å². The van der Waals surface area contributed by atoms with E-state index in [4.69, 9.17) is 15.8 Å². The van der Waals surface area contributed by atoms with E-state index in [1.807, 2.05) is 0 Å². The maximum absolute atomic E-state index is 11.0. The quantitative estimate of drug-likeness (QED) is 0.588. The summed E-state index contributed by atoms with van der Waals surface area (Å²) in [7, 11) is 1.72. The van der Waals surface area contributed by atoms with Gasteiger partial charge in [0.05, 0.1) is 11.2 Å². The van der Waals surface area contributed by atoms with Crippen LogP contribution in [0.3, 0.4) is 0 Å². The molecule has 0 saturated heterocycles.